The van der Waals surface area contributed by atoms with E-state index in [2.05, 4.69) is 19.9 Å². The van der Waals surface area contributed by atoms with Gasteiger partial charge in [-0.3, -0.25) is 0 Å². The summed E-state index contributed by atoms with van der Waals surface area (Å²) >= 11 is 0. The van der Waals surface area contributed by atoms with Gasteiger partial charge in [0.05, 0.1) is 0 Å². The molecule has 7 nitrogen and oxygen atoms in total. The Bertz CT molecular complexity index is 1090. The number of aryl methyl sites for hydroxylation is 2. The van der Waals surface area contributed by atoms with E-state index < -0.39 is 10.0 Å². The Balaban J connectivity index is 1.58. The van der Waals surface area contributed by atoms with Crippen molar-refractivity contribution in [3.05, 3.63) is 52.5 Å². The highest BCUT2D eigenvalue weighted by Gasteiger charge is 2.29. The molecule has 1 aromatic carbocycles. The number of hydrogen-bond acceptors (Lipinski definition) is 5. The highest BCUT2D eigenvalue weighted by Crippen LogP contribution is 2.37. The van der Waals surface area contributed by atoms with Crippen LogP contribution in [0.5, 0.6) is 0 Å². The van der Waals surface area contributed by atoms with Gasteiger partial charge in [0.2, 0.25) is 15.9 Å². The van der Waals surface area contributed by atoms with E-state index in [9.17, 15) is 8.42 Å². The normalized spacial score (nSPS) is 15.0. The lowest BCUT2D eigenvalue weighted by molar-refractivity contribution is 0.338. The lowest BCUT2D eigenvalue weighted by Crippen LogP contribution is -2.24. The second-order valence-corrected chi connectivity index (χ2v) is 9.17. The molecule has 2 aromatic heterocycles. The first-order valence-corrected chi connectivity index (χ1v) is 10.9. The van der Waals surface area contributed by atoms with Crippen molar-refractivity contribution in [2.45, 2.75) is 57.4 Å². The van der Waals surface area contributed by atoms with Crippen molar-refractivity contribution < 1.29 is 12.8 Å². The number of aromatic amines is 1. The van der Waals surface area contributed by atoms with Gasteiger partial charge in [0, 0.05) is 18.2 Å². The predicted octanol–water partition coefficient (Wildman–Crippen LogP) is 3.74. The van der Waals surface area contributed by atoms with E-state index in [1.807, 2.05) is 31.2 Å². The van der Waals surface area contributed by atoms with Gasteiger partial charge in [0.25, 0.3) is 5.89 Å². The first-order valence-electron chi connectivity index (χ1n) is 9.43. The lowest BCUT2D eigenvalue weighted by Gasteiger charge is -2.20. The number of hydrogen-bond donors (Lipinski definition) is 2. The summed E-state index contributed by atoms with van der Waals surface area (Å²) in [5, 5.41) is 8.26. The predicted molar refractivity (Wildman–Crippen MR) is 105 cm³/mol. The molecule has 0 radical (unpaired) electrons. The second kappa shape index (κ2) is 7.18. The third kappa shape index (κ3) is 3.49. The average Bonchev–Trinajstić information content (AvgIpc) is 3.17. The van der Waals surface area contributed by atoms with Crippen LogP contribution >= 0.6 is 0 Å². The maximum absolute atomic E-state index is 12.9. The van der Waals surface area contributed by atoms with Gasteiger partial charge in [-0.2, -0.15) is 0 Å². The summed E-state index contributed by atoms with van der Waals surface area (Å²) in [6, 6.07) is 7.76. The van der Waals surface area contributed by atoms with Crippen molar-refractivity contribution in [2.24, 2.45) is 0 Å². The van der Waals surface area contributed by atoms with Crippen molar-refractivity contribution >= 4 is 10.0 Å². The monoisotopic (exact) mass is 400 g/mol. The summed E-state index contributed by atoms with van der Waals surface area (Å²) in [5.41, 5.74) is 3.73. The molecule has 0 amide bonds. The van der Waals surface area contributed by atoms with Gasteiger partial charge in [-0.25, -0.2) is 13.1 Å². The molecule has 4 rings (SSSR count). The van der Waals surface area contributed by atoms with Crippen LogP contribution < -0.4 is 4.72 Å². The van der Waals surface area contributed by atoms with Crippen LogP contribution in [0.15, 0.2) is 33.6 Å². The quantitative estimate of drug-likeness (QED) is 0.656. The fraction of sp³-hybridized carbons (Fsp3) is 0.400. The van der Waals surface area contributed by atoms with E-state index in [0.29, 0.717) is 34.7 Å². The maximum atomic E-state index is 12.9. The minimum atomic E-state index is -3.69. The zero-order chi connectivity index (χ0) is 19.9. The molecule has 3 aromatic rings. The first-order chi connectivity index (χ1) is 13.3. The molecule has 0 aliphatic heterocycles. The van der Waals surface area contributed by atoms with E-state index in [1.165, 1.54) is 6.42 Å². The summed E-state index contributed by atoms with van der Waals surface area (Å²) in [6.07, 6.45) is 3.30. The van der Waals surface area contributed by atoms with Gasteiger partial charge in [0.15, 0.2) is 0 Å². The first kappa shape index (κ1) is 18.9. The minimum Gasteiger partial charge on any atom is -0.419 e. The molecule has 0 atom stereocenters. The number of H-pyrrole nitrogens is 1. The zero-order valence-electron chi connectivity index (χ0n) is 16.2. The number of aromatic nitrogens is 3. The molecule has 1 saturated carbocycles. The fourth-order valence-electron chi connectivity index (χ4n) is 3.46. The SMILES string of the molecule is Cc1ccc(CNS(=O)(=O)c2c(C)[nH]c(-c3nnc(C4CCC4)o3)c2C)cc1. The molecule has 0 saturated heterocycles. The van der Waals surface area contributed by atoms with Crippen LogP contribution in [0.3, 0.4) is 0 Å². The Morgan fingerprint density at radius 2 is 1.86 bits per heavy atom. The standard InChI is InChI=1S/C20H24N4O3S/c1-12-7-9-15(10-8-12)11-21-28(25,26)18-13(2)17(22-14(18)3)20-24-23-19(27-20)16-5-4-6-16/h7-10,16,21-22H,4-6,11H2,1-3H3. The summed E-state index contributed by atoms with van der Waals surface area (Å²) in [5.74, 6) is 1.30. The molecule has 148 valence electrons. The van der Waals surface area contributed by atoms with E-state index >= 15 is 0 Å². The summed E-state index contributed by atoms with van der Waals surface area (Å²) < 4.78 is 34.4. The third-order valence-electron chi connectivity index (χ3n) is 5.33. The van der Waals surface area contributed by atoms with Crippen molar-refractivity contribution in [1.29, 1.82) is 0 Å². The molecule has 2 N–H and O–H groups in total. The molecule has 1 fully saturated rings. The number of nitrogens with zero attached hydrogens (tertiary/aromatic N) is 2. The number of sulfonamides is 1. The Kier molecular flexibility index (Phi) is 4.84. The topological polar surface area (TPSA) is 101 Å². The van der Waals surface area contributed by atoms with Gasteiger partial charge in [0.1, 0.15) is 10.6 Å². The van der Waals surface area contributed by atoms with Crippen LogP contribution in [0.1, 0.15) is 53.5 Å². The highest BCUT2D eigenvalue weighted by atomic mass is 32.2. The van der Waals surface area contributed by atoms with Crippen LogP contribution in [0.25, 0.3) is 11.6 Å². The van der Waals surface area contributed by atoms with Crippen molar-refractivity contribution in [2.75, 3.05) is 0 Å². The Morgan fingerprint density at radius 1 is 1.14 bits per heavy atom. The van der Waals surface area contributed by atoms with Crippen LogP contribution in [0.2, 0.25) is 0 Å². The van der Waals surface area contributed by atoms with Crippen molar-refractivity contribution in [3.63, 3.8) is 0 Å². The number of benzene rings is 1. The molecule has 1 aliphatic carbocycles. The van der Waals surface area contributed by atoms with Gasteiger partial charge >= 0.3 is 0 Å². The van der Waals surface area contributed by atoms with Crippen LogP contribution in [0.4, 0.5) is 0 Å². The van der Waals surface area contributed by atoms with Crippen LogP contribution in [0, 0.1) is 20.8 Å². The molecule has 0 spiro atoms. The summed E-state index contributed by atoms with van der Waals surface area (Å²) in [7, 11) is -3.69. The molecule has 0 unspecified atom stereocenters. The Morgan fingerprint density at radius 3 is 2.50 bits per heavy atom. The van der Waals surface area contributed by atoms with Gasteiger partial charge in [-0.1, -0.05) is 36.2 Å². The molecule has 2 heterocycles. The minimum absolute atomic E-state index is 0.231. The molecular formula is C20H24N4O3S. The fourth-order valence-corrected chi connectivity index (χ4v) is 4.92. The lowest BCUT2D eigenvalue weighted by atomic mass is 9.85. The third-order valence-corrected chi connectivity index (χ3v) is 7.01. The second-order valence-electron chi connectivity index (χ2n) is 7.46. The van der Waals surface area contributed by atoms with E-state index in [0.717, 1.165) is 24.0 Å². The van der Waals surface area contributed by atoms with E-state index in [4.69, 9.17) is 4.42 Å². The van der Waals surface area contributed by atoms with E-state index in [1.54, 1.807) is 13.8 Å². The summed E-state index contributed by atoms with van der Waals surface area (Å²) in [6.45, 7) is 5.72. The molecule has 8 heteroatoms. The Hall–Kier alpha value is -2.45. The zero-order valence-corrected chi connectivity index (χ0v) is 17.1. The Labute approximate surface area is 164 Å². The maximum Gasteiger partial charge on any atom is 0.264 e. The molecule has 0 bridgehead atoms. The largest absolute Gasteiger partial charge is 0.419 e. The van der Waals surface area contributed by atoms with Gasteiger partial charge in [-0.15, -0.1) is 10.2 Å². The van der Waals surface area contributed by atoms with Crippen molar-refractivity contribution in [3.8, 4) is 11.6 Å². The van der Waals surface area contributed by atoms with Crippen LogP contribution in [-0.4, -0.2) is 23.6 Å². The highest BCUT2D eigenvalue weighted by molar-refractivity contribution is 7.89. The van der Waals surface area contributed by atoms with E-state index in [-0.39, 0.29) is 11.4 Å². The van der Waals surface area contributed by atoms with Gasteiger partial charge < -0.3 is 9.40 Å². The molecule has 1 aliphatic rings. The average molecular weight is 401 g/mol. The summed E-state index contributed by atoms with van der Waals surface area (Å²) in [4.78, 5) is 3.35. The molecule has 28 heavy (non-hydrogen) atoms. The number of rotatable bonds is 6. The molecular weight excluding hydrogens is 376 g/mol. The van der Waals surface area contributed by atoms with Crippen molar-refractivity contribution in [1.82, 2.24) is 19.9 Å². The van der Waals surface area contributed by atoms with Crippen LogP contribution in [-0.2, 0) is 16.6 Å². The number of nitrogens with one attached hydrogen (secondary N) is 2. The smallest absolute Gasteiger partial charge is 0.264 e. The van der Waals surface area contributed by atoms with Gasteiger partial charge in [-0.05, 0) is 44.7 Å².